The van der Waals surface area contributed by atoms with Crippen LogP contribution in [0.2, 0.25) is 0 Å². The van der Waals surface area contributed by atoms with Crippen LogP contribution in [0.1, 0.15) is 26.7 Å². The van der Waals surface area contributed by atoms with E-state index < -0.39 is 0 Å². The van der Waals surface area contributed by atoms with Crippen LogP contribution >= 0.6 is 0 Å². The van der Waals surface area contributed by atoms with Crippen molar-refractivity contribution in [2.75, 3.05) is 26.8 Å². The molecule has 0 spiro atoms. The molecule has 4 heteroatoms. The minimum atomic E-state index is -0.359. The van der Waals surface area contributed by atoms with E-state index in [9.17, 15) is 4.79 Å². The molecule has 14 heavy (non-hydrogen) atoms. The van der Waals surface area contributed by atoms with Crippen molar-refractivity contribution in [2.45, 2.75) is 26.7 Å². The summed E-state index contributed by atoms with van der Waals surface area (Å²) >= 11 is 0. The highest BCUT2D eigenvalue weighted by atomic mass is 16.5. The van der Waals surface area contributed by atoms with Crippen LogP contribution in [0.4, 0.5) is 0 Å². The van der Waals surface area contributed by atoms with Gasteiger partial charge >= 0.3 is 0 Å². The number of hydrogen-bond donors (Lipinski definition) is 2. The summed E-state index contributed by atoms with van der Waals surface area (Å²) in [7, 11) is 1.65. The molecule has 0 aromatic carbocycles. The molecule has 0 saturated heterocycles. The fourth-order valence-electron chi connectivity index (χ4n) is 1.13. The lowest BCUT2D eigenvalue weighted by atomic mass is 9.88. The van der Waals surface area contributed by atoms with E-state index in [1.165, 1.54) is 0 Å². The molecular formula is C10H22N2O2. The van der Waals surface area contributed by atoms with Crippen molar-refractivity contribution in [3.63, 3.8) is 0 Å². The molecule has 0 aliphatic carbocycles. The Labute approximate surface area is 86.2 Å². The van der Waals surface area contributed by atoms with E-state index >= 15 is 0 Å². The Hall–Kier alpha value is -0.610. The lowest BCUT2D eigenvalue weighted by molar-refractivity contribution is -0.129. The van der Waals surface area contributed by atoms with Gasteiger partial charge in [-0.05, 0) is 19.4 Å². The molecule has 0 aromatic heterocycles. The summed E-state index contributed by atoms with van der Waals surface area (Å²) in [6, 6.07) is 0. The molecule has 0 radical (unpaired) electrons. The average molecular weight is 202 g/mol. The third-order valence-electron chi connectivity index (χ3n) is 2.19. The zero-order chi connectivity index (χ0) is 11.0. The first-order valence-corrected chi connectivity index (χ1v) is 5.02. The Morgan fingerprint density at radius 2 is 2.14 bits per heavy atom. The first-order valence-electron chi connectivity index (χ1n) is 5.02. The Morgan fingerprint density at radius 3 is 2.64 bits per heavy atom. The Kier molecular flexibility index (Phi) is 6.49. The second kappa shape index (κ2) is 6.79. The van der Waals surface area contributed by atoms with Crippen molar-refractivity contribution in [3.05, 3.63) is 0 Å². The van der Waals surface area contributed by atoms with Gasteiger partial charge in [0.05, 0.1) is 0 Å². The molecule has 0 fully saturated rings. The number of ether oxygens (including phenoxy) is 1. The number of nitrogens with one attached hydrogen (secondary N) is 1. The number of methoxy groups -OCH3 is 1. The first-order chi connectivity index (χ1) is 6.54. The molecule has 3 N–H and O–H groups in total. The molecule has 84 valence electrons. The SMILES string of the molecule is COCCCNC(=O)C(C)(C)CCN. The standard InChI is InChI=1S/C10H22N2O2/c1-10(2,5-6-11)9(13)12-7-4-8-14-3/h4-8,11H2,1-3H3,(H,12,13). The highest BCUT2D eigenvalue weighted by Gasteiger charge is 2.25. The third-order valence-corrected chi connectivity index (χ3v) is 2.19. The van der Waals surface area contributed by atoms with Crippen molar-refractivity contribution in [1.82, 2.24) is 5.32 Å². The molecule has 0 heterocycles. The fraction of sp³-hybridized carbons (Fsp3) is 0.900. The van der Waals surface area contributed by atoms with Gasteiger partial charge in [-0.3, -0.25) is 4.79 Å². The van der Waals surface area contributed by atoms with Gasteiger partial charge in [0.2, 0.25) is 5.91 Å². The van der Waals surface area contributed by atoms with Crippen LogP contribution in [0.5, 0.6) is 0 Å². The minimum absolute atomic E-state index is 0.0686. The van der Waals surface area contributed by atoms with E-state index in [1.54, 1.807) is 7.11 Å². The zero-order valence-corrected chi connectivity index (χ0v) is 9.43. The summed E-state index contributed by atoms with van der Waals surface area (Å²) in [6.45, 7) is 5.70. The van der Waals surface area contributed by atoms with Crippen LogP contribution in [-0.4, -0.2) is 32.7 Å². The Morgan fingerprint density at radius 1 is 1.50 bits per heavy atom. The van der Waals surface area contributed by atoms with Gasteiger partial charge in [-0.2, -0.15) is 0 Å². The van der Waals surface area contributed by atoms with Gasteiger partial charge in [0.15, 0.2) is 0 Å². The molecule has 0 aliphatic heterocycles. The number of hydrogen-bond acceptors (Lipinski definition) is 3. The molecule has 0 rings (SSSR count). The quantitative estimate of drug-likeness (QED) is 0.591. The van der Waals surface area contributed by atoms with E-state index in [0.717, 1.165) is 6.42 Å². The smallest absolute Gasteiger partial charge is 0.225 e. The number of nitrogens with two attached hydrogens (primary N) is 1. The third kappa shape index (κ3) is 5.19. The van der Waals surface area contributed by atoms with Gasteiger partial charge < -0.3 is 15.8 Å². The molecule has 4 nitrogen and oxygen atoms in total. The van der Waals surface area contributed by atoms with E-state index in [0.29, 0.717) is 26.1 Å². The summed E-state index contributed by atoms with van der Waals surface area (Å²) < 4.78 is 4.89. The maximum Gasteiger partial charge on any atom is 0.225 e. The lowest BCUT2D eigenvalue weighted by Crippen LogP contribution is -2.38. The summed E-state index contributed by atoms with van der Waals surface area (Å²) in [5, 5.41) is 2.87. The van der Waals surface area contributed by atoms with Gasteiger partial charge in [-0.1, -0.05) is 13.8 Å². The van der Waals surface area contributed by atoms with Crippen molar-refractivity contribution >= 4 is 5.91 Å². The Bertz CT molecular complexity index is 170. The van der Waals surface area contributed by atoms with Crippen molar-refractivity contribution in [2.24, 2.45) is 11.1 Å². The van der Waals surface area contributed by atoms with E-state index in [4.69, 9.17) is 10.5 Å². The maximum absolute atomic E-state index is 11.6. The predicted molar refractivity (Wildman–Crippen MR) is 57.0 cm³/mol. The molecule has 0 bridgehead atoms. The normalized spacial score (nSPS) is 11.4. The number of carbonyl (C=O) groups excluding carboxylic acids is 1. The minimum Gasteiger partial charge on any atom is -0.385 e. The average Bonchev–Trinajstić information content (AvgIpc) is 2.12. The molecule has 0 aromatic rings. The first kappa shape index (κ1) is 13.4. The lowest BCUT2D eigenvalue weighted by Gasteiger charge is -2.22. The summed E-state index contributed by atoms with van der Waals surface area (Å²) in [6.07, 6.45) is 1.56. The Balaban J connectivity index is 3.71. The summed E-state index contributed by atoms with van der Waals surface area (Å²) in [5.74, 6) is 0.0686. The molecule has 0 saturated carbocycles. The van der Waals surface area contributed by atoms with Crippen LogP contribution < -0.4 is 11.1 Å². The van der Waals surface area contributed by atoms with Crippen LogP contribution in [0.25, 0.3) is 0 Å². The fourth-order valence-corrected chi connectivity index (χ4v) is 1.13. The second-order valence-corrected chi connectivity index (χ2v) is 4.02. The largest absolute Gasteiger partial charge is 0.385 e. The van der Waals surface area contributed by atoms with Crippen LogP contribution in [0, 0.1) is 5.41 Å². The van der Waals surface area contributed by atoms with Crippen molar-refractivity contribution in [1.29, 1.82) is 0 Å². The van der Waals surface area contributed by atoms with Crippen LogP contribution in [0.15, 0.2) is 0 Å². The van der Waals surface area contributed by atoms with Gasteiger partial charge in [0.1, 0.15) is 0 Å². The van der Waals surface area contributed by atoms with Crippen molar-refractivity contribution in [3.8, 4) is 0 Å². The predicted octanol–water partition coefficient (Wildman–Crippen LogP) is 0.514. The van der Waals surface area contributed by atoms with E-state index in [-0.39, 0.29) is 11.3 Å². The van der Waals surface area contributed by atoms with Crippen molar-refractivity contribution < 1.29 is 9.53 Å². The highest BCUT2D eigenvalue weighted by Crippen LogP contribution is 2.18. The van der Waals surface area contributed by atoms with E-state index in [1.807, 2.05) is 13.8 Å². The second-order valence-electron chi connectivity index (χ2n) is 4.02. The van der Waals surface area contributed by atoms with Crippen LogP contribution in [0.3, 0.4) is 0 Å². The maximum atomic E-state index is 11.6. The molecule has 0 aliphatic rings. The van der Waals surface area contributed by atoms with Gasteiger partial charge in [-0.15, -0.1) is 0 Å². The number of rotatable bonds is 7. The molecular weight excluding hydrogens is 180 g/mol. The molecule has 0 unspecified atom stereocenters. The van der Waals surface area contributed by atoms with Gasteiger partial charge in [0, 0.05) is 25.7 Å². The topological polar surface area (TPSA) is 64.3 Å². The van der Waals surface area contributed by atoms with Crippen LogP contribution in [-0.2, 0) is 9.53 Å². The monoisotopic (exact) mass is 202 g/mol. The number of carbonyl (C=O) groups is 1. The highest BCUT2D eigenvalue weighted by molar-refractivity contribution is 5.81. The molecule has 0 atom stereocenters. The zero-order valence-electron chi connectivity index (χ0n) is 9.43. The van der Waals surface area contributed by atoms with E-state index in [2.05, 4.69) is 5.32 Å². The number of amides is 1. The summed E-state index contributed by atoms with van der Waals surface area (Å²) in [4.78, 5) is 11.6. The molecule has 1 amide bonds. The van der Waals surface area contributed by atoms with Gasteiger partial charge in [0.25, 0.3) is 0 Å². The van der Waals surface area contributed by atoms with Gasteiger partial charge in [-0.25, -0.2) is 0 Å². The summed E-state index contributed by atoms with van der Waals surface area (Å²) in [5.41, 5.74) is 5.07.